The van der Waals surface area contributed by atoms with Crippen LogP contribution >= 0.6 is 0 Å². The number of amides is 3. The average molecular weight is 366 g/mol. The Morgan fingerprint density at radius 3 is 2.56 bits per heavy atom. The fourth-order valence-corrected chi connectivity index (χ4v) is 3.90. The number of rotatable bonds is 5. The van der Waals surface area contributed by atoms with Crippen LogP contribution < -0.4 is 5.32 Å². The van der Waals surface area contributed by atoms with Gasteiger partial charge in [-0.15, -0.1) is 0 Å². The molecular formula is C20H22N4O3. The standard InChI is InChI=1S/C20H22N4O3/c1-12(24-19(26)13-6-2-3-7-14(13)20(24)27)18(25)21-11-10-17-22-15-8-4-5-9-16(15)23-17/h2-5,8-9,12-14H,6-7,10-11H2,1H3,(H,21,25)(H,22,23)/t12-,13-,14-/m1/s1. The number of carbonyl (C=O) groups is 3. The molecule has 3 amide bonds. The number of imide groups is 1. The van der Waals surface area contributed by atoms with Crippen LogP contribution in [0.15, 0.2) is 36.4 Å². The molecule has 2 heterocycles. The molecule has 7 heteroatoms. The number of para-hydroxylation sites is 2. The van der Waals surface area contributed by atoms with Gasteiger partial charge in [0.05, 0.1) is 22.9 Å². The van der Waals surface area contributed by atoms with Gasteiger partial charge in [0.2, 0.25) is 17.7 Å². The van der Waals surface area contributed by atoms with Crippen LogP contribution in [0.5, 0.6) is 0 Å². The lowest BCUT2D eigenvalue weighted by Crippen LogP contribution is -2.48. The molecule has 4 rings (SSSR count). The van der Waals surface area contributed by atoms with Gasteiger partial charge >= 0.3 is 0 Å². The molecule has 1 aliphatic carbocycles. The van der Waals surface area contributed by atoms with E-state index in [0.717, 1.165) is 21.8 Å². The number of hydrogen-bond acceptors (Lipinski definition) is 4. The lowest BCUT2D eigenvalue weighted by Gasteiger charge is -2.22. The quantitative estimate of drug-likeness (QED) is 0.620. The summed E-state index contributed by atoms with van der Waals surface area (Å²) in [6, 6.07) is 6.94. The number of hydrogen-bond donors (Lipinski definition) is 2. The number of likely N-dealkylation sites (tertiary alicyclic amines) is 1. The van der Waals surface area contributed by atoms with Crippen molar-refractivity contribution in [3.05, 3.63) is 42.2 Å². The Hall–Kier alpha value is -2.96. The molecule has 1 fully saturated rings. The van der Waals surface area contributed by atoms with Crippen LogP contribution in [0.2, 0.25) is 0 Å². The predicted octanol–water partition coefficient (Wildman–Crippen LogP) is 1.56. The molecule has 1 aliphatic heterocycles. The molecule has 140 valence electrons. The monoisotopic (exact) mass is 366 g/mol. The number of carbonyl (C=O) groups excluding carboxylic acids is 3. The van der Waals surface area contributed by atoms with Gasteiger partial charge in [0, 0.05) is 13.0 Å². The molecule has 0 spiro atoms. The minimum absolute atomic E-state index is 0.228. The molecule has 0 saturated carbocycles. The zero-order valence-electron chi connectivity index (χ0n) is 15.1. The molecule has 0 radical (unpaired) electrons. The van der Waals surface area contributed by atoms with Crippen molar-refractivity contribution >= 4 is 28.8 Å². The van der Waals surface area contributed by atoms with Crippen molar-refractivity contribution in [2.45, 2.75) is 32.2 Å². The van der Waals surface area contributed by atoms with Crippen LogP contribution in [-0.2, 0) is 20.8 Å². The molecule has 2 aromatic rings. The van der Waals surface area contributed by atoms with Crippen LogP contribution in [-0.4, -0.2) is 45.2 Å². The normalized spacial score (nSPS) is 22.9. The first-order valence-electron chi connectivity index (χ1n) is 9.29. The highest BCUT2D eigenvalue weighted by Crippen LogP contribution is 2.36. The van der Waals surface area contributed by atoms with Crippen molar-refractivity contribution in [2.75, 3.05) is 6.54 Å². The van der Waals surface area contributed by atoms with E-state index in [2.05, 4.69) is 15.3 Å². The minimum Gasteiger partial charge on any atom is -0.354 e. The molecule has 27 heavy (non-hydrogen) atoms. The van der Waals surface area contributed by atoms with Gasteiger partial charge in [-0.05, 0) is 31.9 Å². The Balaban J connectivity index is 1.35. The summed E-state index contributed by atoms with van der Waals surface area (Å²) < 4.78 is 0. The topological polar surface area (TPSA) is 95.2 Å². The van der Waals surface area contributed by atoms with E-state index in [4.69, 9.17) is 0 Å². The van der Waals surface area contributed by atoms with Crippen molar-refractivity contribution in [1.29, 1.82) is 0 Å². The van der Waals surface area contributed by atoms with Crippen molar-refractivity contribution in [2.24, 2.45) is 11.8 Å². The first-order valence-corrected chi connectivity index (χ1v) is 9.29. The summed E-state index contributed by atoms with van der Waals surface area (Å²) in [5.74, 6) is -0.612. The van der Waals surface area contributed by atoms with Gasteiger partial charge in [0.25, 0.3) is 0 Å². The van der Waals surface area contributed by atoms with Crippen molar-refractivity contribution in [3.8, 4) is 0 Å². The Labute approximate surface area is 156 Å². The number of nitrogens with one attached hydrogen (secondary N) is 2. The number of H-pyrrole nitrogens is 1. The number of nitrogens with zero attached hydrogens (tertiary/aromatic N) is 2. The van der Waals surface area contributed by atoms with Crippen LogP contribution in [0.25, 0.3) is 11.0 Å². The fraction of sp³-hybridized carbons (Fsp3) is 0.400. The molecule has 2 N–H and O–H groups in total. The molecule has 1 saturated heterocycles. The molecule has 7 nitrogen and oxygen atoms in total. The number of aromatic amines is 1. The molecule has 0 unspecified atom stereocenters. The Morgan fingerprint density at radius 2 is 1.89 bits per heavy atom. The first-order chi connectivity index (χ1) is 13.1. The summed E-state index contributed by atoms with van der Waals surface area (Å²) in [5, 5.41) is 2.81. The third-order valence-electron chi connectivity index (χ3n) is 5.41. The molecule has 1 aromatic carbocycles. The third-order valence-corrected chi connectivity index (χ3v) is 5.41. The maximum atomic E-state index is 12.6. The summed E-state index contributed by atoms with van der Waals surface area (Å²) in [7, 11) is 0. The van der Waals surface area contributed by atoms with E-state index in [9.17, 15) is 14.4 Å². The van der Waals surface area contributed by atoms with Crippen molar-refractivity contribution in [3.63, 3.8) is 0 Å². The Morgan fingerprint density at radius 1 is 1.22 bits per heavy atom. The number of aromatic nitrogens is 2. The predicted molar refractivity (Wildman–Crippen MR) is 99.5 cm³/mol. The number of allylic oxidation sites excluding steroid dienone is 2. The van der Waals surface area contributed by atoms with Crippen molar-refractivity contribution < 1.29 is 14.4 Å². The molecule has 2 aliphatic rings. The maximum absolute atomic E-state index is 12.6. The lowest BCUT2D eigenvalue weighted by atomic mass is 9.85. The van der Waals surface area contributed by atoms with Gasteiger partial charge in [0.1, 0.15) is 11.9 Å². The second kappa shape index (κ2) is 6.98. The Kier molecular flexibility index (Phi) is 4.51. The van der Waals surface area contributed by atoms with E-state index in [1.807, 2.05) is 36.4 Å². The highest BCUT2D eigenvalue weighted by molar-refractivity contribution is 6.08. The smallest absolute Gasteiger partial charge is 0.243 e. The first kappa shape index (κ1) is 17.5. The summed E-state index contributed by atoms with van der Waals surface area (Å²) in [6.45, 7) is 1.99. The summed E-state index contributed by atoms with van der Waals surface area (Å²) in [4.78, 5) is 46.5. The second-order valence-electron chi connectivity index (χ2n) is 7.12. The molecule has 3 atom stereocenters. The number of fused-ring (bicyclic) bond motifs is 2. The van der Waals surface area contributed by atoms with Crippen molar-refractivity contribution in [1.82, 2.24) is 20.2 Å². The largest absolute Gasteiger partial charge is 0.354 e. The highest BCUT2D eigenvalue weighted by atomic mass is 16.2. The van der Waals surface area contributed by atoms with Gasteiger partial charge in [-0.3, -0.25) is 19.3 Å². The van der Waals surface area contributed by atoms with Gasteiger partial charge in [-0.25, -0.2) is 4.98 Å². The van der Waals surface area contributed by atoms with Crippen LogP contribution in [0.3, 0.4) is 0 Å². The average Bonchev–Trinajstić information content (AvgIpc) is 3.20. The number of benzene rings is 1. The van der Waals surface area contributed by atoms with E-state index < -0.39 is 6.04 Å². The zero-order valence-corrected chi connectivity index (χ0v) is 15.1. The summed E-state index contributed by atoms with van der Waals surface area (Å²) >= 11 is 0. The van der Waals surface area contributed by atoms with Gasteiger partial charge in [-0.2, -0.15) is 0 Å². The fourth-order valence-electron chi connectivity index (χ4n) is 3.90. The third kappa shape index (κ3) is 3.13. The van der Waals surface area contributed by atoms with E-state index in [1.54, 1.807) is 6.92 Å². The maximum Gasteiger partial charge on any atom is 0.243 e. The Bertz CT molecular complexity index is 873. The van der Waals surface area contributed by atoms with E-state index in [1.165, 1.54) is 0 Å². The van der Waals surface area contributed by atoms with Gasteiger partial charge in [-0.1, -0.05) is 24.3 Å². The zero-order chi connectivity index (χ0) is 19.0. The number of imidazole rings is 1. The highest BCUT2D eigenvalue weighted by Gasteiger charge is 2.49. The van der Waals surface area contributed by atoms with Crippen LogP contribution in [0.4, 0.5) is 0 Å². The van der Waals surface area contributed by atoms with E-state index in [0.29, 0.717) is 25.8 Å². The van der Waals surface area contributed by atoms with Crippen LogP contribution in [0.1, 0.15) is 25.6 Å². The van der Waals surface area contributed by atoms with E-state index >= 15 is 0 Å². The SMILES string of the molecule is C[C@H](C(=O)NCCc1nc2ccccc2[nH]1)N1C(=O)[C@@H]2CC=CC[C@H]2C1=O. The molecule has 1 aromatic heterocycles. The second-order valence-corrected chi connectivity index (χ2v) is 7.12. The van der Waals surface area contributed by atoms with Gasteiger partial charge in [0.15, 0.2) is 0 Å². The lowest BCUT2D eigenvalue weighted by molar-refractivity contribution is -0.147. The molecular weight excluding hydrogens is 344 g/mol. The minimum atomic E-state index is -0.800. The summed E-state index contributed by atoms with van der Waals surface area (Å²) in [6.07, 6.45) is 5.57. The summed E-state index contributed by atoms with van der Waals surface area (Å²) in [5.41, 5.74) is 1.84. The van der Waals surface area contributed by atoms with Gasteiger partial charge < -0.3 is 10.3 Å². The molecule has 0 bridgehead atoms. The van der Waals surface area contributed by atoms with Crippen LogP contribution in [0, 0.1) is 11.8 Å². The van der Waals surface area contributed by atoms with E-state index in [-0.39, 0.29) is 29.6 Å².